The van der Waals surface area contributed by atoms with Crippen molar-refractivity contribution in [1.29, 1.82) is 0 Å². The molecule has 0 spiro atoms. The zero-order chi connectivity index (χ0) is 23.2. The molecular weight excluding hydrogens is 436 g/mol. The molecule has 0 N–H and O–H groups in total. The number of nitrogens with zero attached hydrogens (tertiary/aromatic N) is 4. The topological polar surface area (TPSA) is 92.1 Å². The summed E-state index contributed by atoms with van der Waals surface area (Å²) in [6.45, 7) is 2.19. The van der Waals surface area contributed by atoms with Crippen LogP contribution in [0.4, 0.5) is 0 Å². The van der Waals surface area contributed by atoms with Crippen LogP contribution in [-0.4, -0.2) is 33.7 Å². The summed E-state index contributed by atoms with van der Waals surface area (Å²) in [5.41, 5.74) is 1.13. The molecule has 0 aliphatic heterocycles. The number of ether oxygens (including phenoxy) is 1. The molecule has 0 saturated heterocycles. The van der Waals surface area contributed by atoms with E-state index in [4.69, 9.17) is 4.74 Å². The van der Waals surface area contributed by atoms with E-state index in [9.17, 15) is 9.90 Å². The Morgan fingerprint density at radius 1 is 1.03 bits per heavy atom. The van der Waals surface area contributed by atoms with E-state index in [2.05, 4.69) is 22.0 Å². The van der Waals surface area contributed by atoms with Crippen molar-refractivity contribution in [3.05, 3.63) is 59.9 Å². The van der Waals surface area contributed by atoms with Gasteiger partial charge in [0.1, 0.15) is 5.75 Å². The number of ketones is 1. The molecule has 0 amide bonds. The fourth-order valence-corrected chi connectivity index (χ4v) is 4.55. The monoisotopic (exact) mass is 462 g/mol. The van der Waals surface area contributed by atoms with Crippen LogP contribution in [0.3, 0.4) is 0 Å². The van der Waals surface area contributed by atoms with Crippen molar-refractivity contribution < 1.29 is 19.2 Å². The van der Waals surface area contributed by atoms with Gasteiger partial charge in [-0.25, -0.2) is 4.98 Å². The molecule has 0 saturated carbocycles. The second-order valence-electron chi connectivity index (χ2n) is 7.70. The summed E-state index contributed by atoms with van der Waals surface area (Å²) in [6, 6.07) is 14.2. The van der Waals surface area contributed by atoms with E-state index in [-0.39, 0.29) is 17.1 Å². The lowest BCUT2D eigenvalue weighted by atomic mass is 10.1. The molecular formula is C25H26N4O3S. The lowest BCUT2D eigenvalue weighted by Crippen LogP contribution is -2.38. The number of aromatic nitrogens is 4. The minimum Gasteiger partial charge on any atom is -0.856 e. The van der Waals surface area contributed by atoms with E-state index in [1.165, 1.54) is 42.6 Å². The number of thioether (sulfide) groups is 1. The first kappa shape index (κ1) is 22.9. The van der Waals surface area contributed by atoms with Crippen molar-refractivity contribution >= 4 is 34.0 Å². The molecule has 2 aromatic carbocycles. The van der Waals surface area contributed by atoms with E-state index in [0.717, 1.165) is 18.6 Å². The van der Waals surface area contributed by atoms with Crippen molar-refractivity contribution in [2.45, 2.75) is 44.2 Å². The van der Waals surface area contributed by atoms with E-state index in [0.29, 0.717) is 27.4 Å². The summed E-state index contributed by atoms with van der Waals surface area (Å²) in [4.78, 5) is 22.3. The van der Waals surface area contributed by atoms with E-state index < -0.39 is 5.88 Å². The number of hydrogen-bond acceptors (Lipinski definition) is 7. The maximum Gasteiger partial charge on any atom is 0.398 e. The van der Waals surface area contributed by atoms with Crippen LogP contribution in [0.1, 0.15) is 55.2 Å². The van der Waals surface area contributed by atoms with Crippen LogP contribution in [-0.2, 0) is 0 Å². The third kappa shape index (κ3) is 4.90. The number of para-hydroxylation sites is 2. The van der Waals surface area contributed by atoms with Gasteiger partial charge in [0, 0.05) is 11.6 Å². The predicted octanol–water partition coefficient (Wildman–Crippen LogP) is 4.14. The number of methoxy groups -OCH3 is 1. The van der Waals surface area contributed by atoms with E-state index in [1.807, 2.05) is 12.1 Å². The summed E-state index contributed by atoms with van der Waals surface area (Å²) >= 11 is 1.43. The van der Waals surface area contributed by atoms with Gasteiger partial charge in [-0.15, -0.1) is 0 Å². The number of fused-ring (bicyclic) bond motifs is 3. The Morgan fingerprint density at radius 2 is 1.79 bits per heavy atom. The first-order chi connectivity index (χ1) is 16.1. The summed E-state index contributed by atoms with van der Waals surface area (Å²) in [6.07, 6.45) is 5.78. The standard InChI is InChI=1S/C25H26N4O3S/c1-3-4-5-6-11-16-33-25-27-24(31)21-17-12-7-9-14-19(17)26-23(29(21)28-25)22(30)18-13-8-10-15-20(18)32-2/h7-10,12-15H,3-6,11,16H2,1-2H3. The molecule has 8 heteroatoms. The highest BCUT2D eigenvalue weighted by molar-refractivity contribution is 7.99. The molecule has 2 heterocycles. The Labute approximate surface area is 196 Å². The second-order valence-corrected chi connectivity index (χ2v) is 8.77. The molecule has 0 radical (unpaired) electrons. The van der Waals surface area contributed by atoms with Crippen LogP contribution in [0.15, 0.2) is 53.7 Å². The first-order valence-corrected chi connectivity index (χ1v) is 12.1. The lowest BCUT2D eigenvalue weighted by Gasteiger charge is -2.11. The fraction of sp³-hybridized carbons (Fsp3) is 0.320. The smallest absolute Gasteiger partial charge is 0.398 e. The molecule has 0 unspecified atom stereocenters. The minimum absolute atomic E-state index is 0.0532. The Kier molecular flexibility index (Phi) is 7.34. The fourth-order valence-electron chi connectivity index (χ4n) is 3.73. The van der Waals surface area contributed by atoms with Gasteiger partial charge in [0.25, 0.3) is 5.78 Å². The molecule has 170 valence electrons. The van der Waals surface area contributed by atoms with Crippen LogP contribution < -0.4 is 14.4 Å². The summed E-state index contributed by atoms with van der Waals surface area (Å²) < 4.78 is 6.72. The van der Waals surface area contributed by atoms with Crippen LogP contribution in [0.5, 0.6) is 11.6 Å². The van der Waals surface area contributed by atoms with Gasteiger partial charge in [0.05, 0.1) is 18.1 Å². The van der Waals surface area contributed by atoms with E-state index >= 15 is 0 Å². The van der Waals surface area contributed by atoms with Crippen LogP contribution in [0.2, 0.25) is 0 Å². The van der Waals surface area contributed by atoms with Gasteiger partial charge in [-0.05, 0) is 40.8 Å². The molecule has 0 fully saturated rings. The number of carbonyl (C=O) groups excluding carboxylic acids is 1. The highest BCUT2D eigenvalue weighted by Gasteiger charge is 2.29. The average Bonchev–Trinajstić information content (AvgIpc) is 2.85. The highest BCUT2D eigenvalue weighted by Crippen LogP contribution is 2.25. The van der Waals surface area contributed by atoms with Gasteiger partial charge in [0.2, 0.25) is 5.16 Å². The SMILES string of the molecule is CCCCCCCSc1nc([O-])c2c3ccccc3nc(C(=O)c3ccccc3OC)[n+]2n1. The third-order valence-electron chi connectivity index (χ3n) is 5.42. The molecule has 0 atom stereocenters. The highest BCUT2D eigenvalue weighted by atomic mass is 32.2. The van der Waals surface area contributed by atoms with Gasteiger partial charge in [-0.1, -0.05) is 73.1 Å². The van der Waals surface area contributed by atoms with Crippen LogP contribution in [0.25, 0.3) is 16.4 Å². The Bertz CT molecular complexity index is 1300. The molecule has 33 heavy (non-hydrogen) atoms. The van der Waals surface area contributed by atoms with Crippen molar-refractivity contribution in [3.8, 4) is 11.6 Å². The van der Waals surface area contributed by atoms with Crippen LogP contribution >= 0.6 is 11.8 Å². The average molecular weight is 463 g/mol. The quantitative estimate of drug-likeness (QED) is 0.115. The molecule has 0 aliphatic carbocycles. The maximum absolute atomic E-state index is 13.5. The summed E-state index contributed by atoms with van der Waals surface area (Å²) in [5.74, 6) is 0.501. The predicted molar refractivity (Wildman–Crippen MR) is 126 cm³/mol. The lowest BCUT2D eigenvalue weighted by molar-refractivity contribution is -0.593. The zero-order valence-electron chi connectivity index (χ0n) is 18.8. The van der Waals surface area contributed by atoms with Crippen molar-refractivity contribution in [1.82, 2.24) is 15.1 Å². The third-order valence-corrected chi connectivity index (χ3v) is 6.34. The Hall–Kier alpha value is -3.26. The van der Waals surface area contributed by atoms with Crippen molar-refractivity contribution in [2.24, 2.45) is 0 Å². The van der Waals surface area contributed by atoms with Crippen molar-refractivity contribution in [2.75, 3.05) is 12.9 Å². The minimum atomic E-state index is -0.425. The molecule has 4 aromatic rings. The molecule has 7 nitrogen and oxygen atoms in total. The Morgan fingerprint density at radius 3 is 2.61 bits per heavy atom. The van der Waals surface area contributed by atoms with E-state index in [1.54, 1.807) is 36.4 Å². The normalized spacial score (nSPS) is 11.2. The van der Waals surface area contributed by atoms with Gasteiger partial charge >= 0.3 is 5.82 Å². The van der Waals surface area contributed by atoms with Gasteiger partial charge in [-0.3, -0.25) is 4.79 Å². The van der Waals surface area contributed by atoms with Crippen LogP contribution in [0, 0.1) is 0 Å². The summed E-state index contributed by atoms with van der Waals surface area (Å²) in [7, 11) is 1.51. The molecule has 4 rings (SSSR count). The largest absolute Gasteiger partial charge is 0.856 e. The molecule has 2 aromatic heterocycles. The molecule has 0 aliphatic rings. The van der Waals surface area contributed by atoms with Crippen molar-refractivity contribution in [3.63, 3.8) is 0 Å². The van der Waals surface area contributed by atoms with Gasteiger partial charge in [-0.2, -0.15) is 0 Å². The maximum atomic E-state index is 13.5. The summed E-state index contributed by atoms with van der Waals surface area (Å²) in [5, 5.41) is 18.6. The number of benzene rings is 2. The second kappa shape index (κ2) is 10.6. The zero-order valence-corrected chi connectivity index (χ0v) is 19.6. The van der Waals surface area contributed by atoms with Gasteiger partial charge < -0.3 is 9.84 Å². The van der Waals surface area contributed by atoms with Gasteiger partial charge in [0.15, 0.2) is 11.0 Å². The number of unbranched alkanes of at least 4 members (excludes halogenated alkanes) is 4. The molecule has 0 bridgehead atoms. The number of carbonyl (C=O) groups is 1. The first-order valence-electron chi connectivity index (χ1n) is 11.1. The number of hydrogen-bond donors (Lipinski definition) is 0. The number of rotatable bonds is 10. The Balaban J connectivity index is 1.79.